The molecule has 1 aromatic carbocycles. The molecule has 1 N–H and O–H groups in total. The van der Waals surface area contributed by atoms with Crippen LogP contribution in [-0.2, 0) is 4.74 Å². The van der Waals surface area contributed by atoms with Crippen LogP contribution < -0.4 is 10.1 Å². The molecule has 0 spiro atoms. The molecule has 0 aliphatic carbocycles. The molecule has 0 aliphatic rings. The van der Waals surface area contributed by atoms with Crippen molar-refractivity contribution >= 4 is 11.7 Å². The number of nitrogens with one attached hydrogen (secondary N) is 1. The van der Waals surface area contributed by atoms with E-state index in [0.717, 1.165) is 5.56 Å². The van der Waals surface area contributed by atoms with Crippen LogP contribution in [0.2, 0.25) is 0 Å². The number of methoxy groups -OCH3 is 1. The number of carbonyl (C=O) groups is 1. The van der Waals surface area contributed by atoms with Crippen LogP contribution in [0.3, 0.4) is 0 Å². The Labute approximate surface area is 135 Å². The number of ether oxygens (including phenoxy) is 2. The van der Waals surface area contributed by atoms with Gasteiger partial charge in [-0.25, -0.2) is 9.97 Å². The number of amides is 1. The van der Waals surface area contributed by atoms with E-state index < -0.39 is 0 Å². The normalized spacial score (nSPS) is 10.6. The molecule has 0 radical (unpaired) electrons. The Bertz CT molecular complexity index is 659. The van der Waals surface area contributed by atoms with Gasteiger partial charge in [0.2, 0.25) is 0 Å². The summed E-state index contributed by atoms with van der Waals surface area (Å²) in [4.78, 5) is 20.6. The summed E-state index contributed by atoms with van der Waals surface area (Å²) < 4.78 is 10.5. The van der Waals surface area contributed by atoms with E-state index in [-0.39, 0.29) is 11.8 Å². The van der Waals surface area contributed by atoms with Crippen molar-refractivity contribution in [2.75, 3.05) is 25.6 Å². The molecule has 2 aromatic rings. The molecule has 1 amide bonds. The summed E-state index contributed by atoms with van der Waals surface area (Å²) in [5, 5.41) is 2.83. The first-order chi connectivity index (χ1) is 11.1. The molecule has 6 heteroatoms. The van der Waals surface area contributed by atoms with Crippen LogP contribution in [0.4, 0.5) is 5.82 Å². The van der Waals surface area contributed by atoms with E-state index in [2.05, 4.69) is 15.3 Å². The zero-order valence-corrected chi connectivity index (χ0v) is 13.6. The number of rotatable bonds is 7. The Morgan fingerprint density at radius 1 is 1.30 bits per heavy atom. The molecule has 6 nitrogen and oxygen atoms in total. The van der Waals surface area contributed by atoms with Gasteiger partial charge in [0.25, 0.3) is 5.91 Å². The summed E-state index contributed by atoms with van der Waals surface area (Å²) in [6, 6.07) is 7.01. The summed E-state index contributed by atoms with van der Waals surface area (Å²) in [5.74, 6) is 1.14. The molecule has 1 heterocycles. The zero-order valence-electron chi connectivity index (χ0n) is 13.6. The Balaban J connectivity index is 2.10. The first-order valence-corrected chi connectivity index (χ1v) is 7.45. The Hall–Kier alpha value is -2.47. The lowest BCUT2D eigenvalue weighted by Crippen LogP contribution is -2.15. The van der Waals surface area contributed by atoms with E-state index in [1.54, 1.807) is 37.6 Å². The van der Waals surface area contributed by atoms with Crippen molar-refractivity contribution < 1.29 is 14.3 Å². The quantitative estimate of drug-likeness (QED) is 0.795. The maximum absolute atomic E-state index is 12.4. The zero-order chi connectivity index (χ0) is 16.7. The van der Waals surface area contributed by atoms with Crippen LogP contribution in [0.25, 0.3) is 0 Å². The first-order valence-electron chi connectivity index (χ1n) is 7.45. The Kier molecular flexibility index (Phi) is 6.05. The smallest absolute Gasteiger partial charge is 0.256 e. The maximum Gasteiger partial charge on any atom is 0.256 e. The van der Waals surface area contributed by atoms with Gasteiger partial charge in [-0.05, 0) is 24.1 Å². The standard InChI is InChI=1S/C17H21N3O3/c1-12(2)15-10-18-11-19-16(15)20-17(21)13-5-4-6-14(9-13)23-8-7-22-3/h4-6,9-12H,7-8H2,1-3H3,(H,18,19,20,21). The molecule has 0 fully saturated rings. The highest BCUT2D eigenvalue weighted by Gasteiger charge is 2.13. The molecule has 0 saturated carbocycles. The SMILES string of the molecule is COCCOc1cccc(C(=O)Nc2ncncc2C(C)C)c1. The molecule has 0 aliphatic heterocycles. The van der Waals surface area contributed by atoms with Crippen LogP contribution in [0.1, 0.15) is 35.7 Å². The molecule has 23 heavy (non-hydrogen) atoms. The molecule has 0 saturated heterocycles. The summed E-state index contributed by atoms with van der Waals surface area (Å²) in [6.45, 7) is 4.98. The van der Waals surface area contributed by atoms with Crippen molar-refractivity contribution in [1.29, 1.82) is 0 Å². The van der Waals surface area contributed by atoms with Crippen molar-refractivity contribution in [3.8, 4) is 5.75 Å². The number of hydrogen-bond donors (Lipinski definition) is 1. The van der Waals surface area contributed by atoms with Crippen molar-refractivity contribution in [3.05, 3.63) is 47.9 Å². The number of benzene rings is 1. The predicted molar refractivity (Wildman–Crippen MR) is 87.9 cm³/mol. The molecule has 122 valence electrons. The monoisotopic (exact) mass is 315 g/mol. The number of carbonyl (C=O) groups excluding carboxylic acids is 1. The lowest BCUT2D eigenvalue weighted by atomic mass is 10.1. The highest BCUT2D eigenvalue weighted by Crippen LogP contribution is 2.21. The Morgan fingerprint density at radius 2 is 2.13 bits per heavy atom. The summed E-state index contributed by atoms with van der Waals surface area (Å²) in [6.07, 6.45) is 3.14. The first kappa shape index (κ1) is 16.9. The van der Waals surface area contributed by atoms with Gasteiger partial charge < -0.3 is 14.8 Å². The molecule has 1 aromatic heterocycles. The van der Waals surface area contributed by atoms with E-state index in [9.17, 15) is 4.79 Å². The van der Waals surface area contributed by atoms with Crippen molar-refractivity contribution in [1.82, 2.24) is 9.97 Å². The number of nitrogens with zero attached hydrogens (tertiary/aromatic N) is 2. The third-order valence-electron chi connectivity index (χ3n) is 3.25. The van der Waals surface area contributed by atoms with Gasteiger partial charge in [0.15, 0.2) is 0 Å². The van der Waals surface area contributed by atoms with E-state index in [4.69, 9.17) is 9.47 Å². The minimum absolute atomic E-state index is 0.218. The van der Waals surface area contributed by atoms with Gasteiger partial charge in [0, 0.05) is 24.4 Å². The molecule has 0 unspecified atom stereocenters. The summed E-state index contributed by atoms with van der Waals surface area (Å²) in [5.41, 5.74) is 1.40. The topological polar surface area (TPSA) is 73.3 Å². The average molecular weight is 315 g/mol. The highest BCUT2D eigenvalue weighted by molar-refractivity contribution is 6.04. The van der Waals surface area contributed by atoms with Gasteiger partial charge in [-0.1, -0.05) is 19.9 Å². The molecule has 0 bridgehead atoms. The highest BCUT2D eigenvalue weighted by atomic mass is 16.5. The lowest BCUT2D eigenvalue weighted by molar-refractivity contribution is 0.102. The van der Waals surface area contributed by atoms with Crippen molar-refractivity contribution in [3.63, 3.8) is 0 Å². The van der Waals surface area contributed by atoms with Crippen LogP contribution in [0.15, 0.2) is 36.8 Å². The largest absolute Gasteiger partial charge is 0.491 e. The van der Waals surface area contributed by atoms with Crippen LogP contribution in [0, 0.1) is 0 Å². The minimum Gasteiger partial charge on any atom is -0.491 e. The second-order valence-electron chi connectivity index (χ2n) is 5.30. The minimum atomic E-state index is -0.234. The fourth-order valence-electron chi connectivity index (χ4n) is 2.02. The number of hydrogen-bond acceptors (Lipinski definition) is 5. The third-order valence-corrected chi connectivity index (χ3v) is 3.25. The van der Waals surface area contributed by atoms with Gasteiger partial charge in [-0.2, -0.15) is 0 Å². The second-order valence-corrected chi connectivity index (χ2v) is 5.30. The van der Waals surface area contributed by atoms with Crippen molar-refractivity contribution in [2.24, 2.45) is 0 Å². The second kappa shape index (κ2) is 8.24. The molecular formula is C17H21N3O3. The Morgan fingerprint density at radius 3 is 2.87 bits per heavy atom. The fraction of sp³-hybridized carbons (Fsp3) is 0.353. The molecular weight excluding hydrogens is 294 g/mol. The van der Waals surface area contributed by atoms with Gasteiger partial charge in [0.1, 0.15) is 24.5 Å². The van der Waals surface area contributed by atoms with Gasteiger partial charge in [0.05, 0.1) is 6.61 Å². The fourth-order valence-corrected chi connectivity index (χ4v) is 2.02. The van der Waals surface area contributed by atoms with E-state index in [0.29, 0.717) is 30.3 Å². The van der Waals surface area contributed by atoms with Gasteiger partial charge >= 0.3 is 0 Å². The number of aromatic nitrogens is 2. The average Bonchev–Trinajstić information content (AvgIpc) is 2.55. The summed E-state index contributed by atoms with van der Waals surface area (Å²) >= 11 is 0. The van der Waals surface area contributed by atoms with Gasteiger partial charge in [-0.15, -0.1) is 0 Å². The van der Waals surface area contributed by atoms with E-state index in [1.807, 2.05) is 13.8 Å². The van der Waals surface area contributed by atoms with Crippen molar-refractivity contribution in [2.45, 2.75) is 19.8 Å². The van der Waals surface area contributed by atoms with Gasteiger partial charge in [-0.3, -0.25) is 4.79 Å². The summed E-state index contributed by atoms with van der Waals surface area (Å²) in [7, 11) is 1.61. The van der Waals surface area contributed by atoms with Crippen LogP contribution in [-0.4, -0.2) is 36.2 Å². The lowest BCUT2D eigenvalue weighted by Gasteiger charge is -2.12. The van der Waals surface area contributed by atoms with E-state index >= 15 is 0 Å². The molecule has 0 atom stereocenters. The number of anilines is 1. The maximum atomic E-state index is 12.4. The van der Waals surface area contributed by atoms with E-state index in [1.165, 1.54) is 6.33 Å². The predicted octanol–water partition coefficient (Wildman–Crippen LogP) is 2.88. The van der Waals surface area contributed by atoms with Crippen LogP contribution in [0.5, 0.6) is 5.75 Å². The van der Waals surface area contributed by atoms with Crippen LogP contribution >= 0.6 is 0 Å². The molecule has 2 rings (SSSR count). The third kappa shape index (κ3) is 4.75.